The minimum absolute atomic E-state index is 0.113. The Labute approximate surface area is 149 Å². The molecule has 138 valence electrons. The summed E-state index contributed by atoms with van der Waals surface area (Å²) >= 11 is 0. The molecular weight excluding hydrogens is 318 g/mol. The van der Waals surface area contributed by atoms with Gasteiger partial charge in [-0.25, -0.2) is 0 Å². The Morgan fingerprint density at radius 1 is 1.20 bits per heavy atom. The number of benzene rings is 1. The normalized spacial score (nSPS) is 21.8. The monoisotopic (exact) mass is 346 g/mol. The van der Waals surface area contributed by atoms with Gasteiger partial charge in [-0.2, -0.15) is 0 Å². The van der Waals surface area contributed by atoms with Gasteiger partial charge in [-0.3, -0.25) is 9.59 Å². The number of hydrogen-bond donors (Lipinski definition) is 2. The Morgan fingerprint density at radius 2 is 1.76 bits per heavy atom. The van der Waals surface area contributed by atoms with Crippen molar-refractivity contribution in [2.45, 2.75) is 59.0 Å². The van der Waals surface area contributed by atoms with E-state index in [2.05, 4.69) is 10.6 Å². The molecule has 0 saturated carbocycles. The Bertz CT molecular complexity index is 662. The van der Waals surface area contributed by atoms with Crippen LogP contribution in [-0.4, -0.2) is 34.5 Å². The molecule has 2 amide bonds. The number of amides is 2. The largest absolute Gasteiger partial charge is 0.784 e. The molecule has 1 aliphatic rings. The van der Waals surface area contributed by atoms with Gasteiger partial charge in [0, 0.05) is 16.8 Å². The Kier molecular flexibility index (Phi) is 5.25. The molecule has 1 aromatic carbocycles. The zero-order valence-corrected chi connectivity index (χ0v) is 15.9. The zero-order chi connectivity index (χ0) is 19.0. The van der Waals surface area contributed by atoms with Gasteiger partial charge < -0.3 is 20.9 Å². The zero-order valence-electron chi connectivity index (χ0n) is 15.9. The summed E-state index contributed by atoms with van der Waals surface area (Å²) in [4.78, 5) is 24.7. The van der Waals surface area contributed by atoms with E-state index < -0.39 is 17.0 Å². The molecule has 0 aliphatic carbocycles. The first-order chi connectivity index (χ1) is 11.5. The predicted molar refractivity (Wildman–Crippen MR) is 99.0 cm³/mol. The Balaban J connectivity index is 1.97. The van der Waals surface area contributed by atoms with Gasteiger partial charge in [0.1, 0.15) is 0 Å². The van der Waals surface area contributed by atoms with Gasteiger partial charge in [0.2, 0.25) is 11.8 Å². The van der Waals surface area contributed by atoms with Crippen LogP contribution in [0.5, 0.6) is 0 Å². The van der Waals surface area contributed by atoms with E-state index in [4.69, 9.17) is 0 Å². The number of hydrogen-bond acceptors (Lipinski definition) is 4. The van der Waals surface area contributed by atoms with Crippen LogP contribution in [0.1, 0.15) is 45.2 Å². The molecule has 6 nitrogen and oxygen atoms in total. The number of anilines is 1. The van der Waals surface area contributed by atoms with Crippen molar-refractivity contribution in [2.75, 3.05) is 11.9 Å². The highest BCUT2D eigenvalue weighted by atomic mass is 16.5. The van der Waals surface area contributed by atoms with Crippen LogP contribution < -0.4 is 10.6 Å². The number of carbonyl (C=O) groups is 2. The van der Waals surface area contributed by atoms with E-state index in [1.807, 2.05) is 45.9 Å². The molecule has 25 heavy (non-hydrogen) atoms. The summed E-state index contributed by atoms with van der Waals surface area (Å²) in [5.74, 6) is -0.985. The van der Waals surface area contributed by atoms with Crippen molar-refractivity contribution >= 4 is 17.5 Å². The summed E-state index contributed by atoms with van der Waals surface area (Å²) in [5, 5.41) is 18.9. The van der Waals surface area contributed by atoms with Crippen LogP contribution in [-0.2, 0) is 9.59 Å². The van der Waals surface area contributed by atoms with E-state index in [9.17, 15) is 14.8 Å². The maximum absolute atomic E-state index is 12.5. The summed E-state index contributed by atoms with van der Waals surface area (Å²) < 4.78 is 0. The molecule has 1 aliphatic heterocycles. The lowest BCUT2D eigenvalue weighted by Crippen LogP contribution is -2.49. The van der Waals surface area contributed by atoms with Crippen molar-refractivity contribution in [2.24, 2.45) is 5.92 Å². The average Bonchev–Trinajstić information content (AvgIpc) is 2.68. The van der Waals surface area contributed by atoms with Gasteiger partial charge in [0.05, 0.1) is 12.5 Å². The molecule has 0 radical (unpaired) electrons. The first-order valence-corrected chi connectivity index (χ1v) is 8.58. The number of nitrogens with zero attached hydrogens (tertiary/aromatic N) is 1. The van der Waals surface area contributed by atoms with E-state index >= 15 is 0 Å². The average molecular weight is 346 g/mol. The van der Waals surface area contributed by atoms with Crippen molar-refractivity contribution in [3.63, 3.8) is 0 Å². The second-order valence-electron chi connectivity index (χ2n) is 8.05. The van der Waals surface area contributed by atoms with Crippen molar-refractivity contribution in [1.82, 2.24) is 10.4 Å². The number of carbonyl (C=O) groups excluding carboxylic acids is 2. The van der Waals surface area contributed by atoms with Crippen molar-refractivity contribution in [3.8, 4) is 0 Å². The highest BCUT2D eigenvalue weighted by Gasteiger charge is 2.49. The fourth-order valence-electron chi connectivity index (χ4n) is 3.65. The summed E-state index contributed by atoms with van der Waals surface area (Å²) in [6.45, 7) is 11.0. The molecule has 6 heteroatoms. The summed E-state index contributed by atoms with van der Waals surface area (Å²) in [5.41, 5.74) is 1.33. The predicted octanol–water partition coefficient (Wildman–Crippen LogP) is 2.74. The molecular formula is C19H28N3O3-. The molecule has 0 aromatic heterocycles. The van der Waals surface area contributed by atoms with E-state index in [1.165, 1.54) is 0 Å². The maximum atomic E-state index is 12.5. The van der Waals surface area contributed by atoms with Gasteiger partial charge in [0.25, 0.3) is 0 Å². The molecule has 1 heterocycles. The van der Waals surface area contributed by atoms with Crippen LogP contribution in [0.4, 0.5) is 5.69 Å². The van der Waals surface area contributed by atoms with Crippen molar-refractivity contribution < 1.29 is 9.59 Å². The van der Waals surface area contributed by atoms with E-state index in [1.54, 1.807) is 13.8 Å². The number of aryl methyl sites for hydroxylation is 2. The Morgan fingerprint density at radius 3 is 2.24 bits per heavy atom. The smallest absolute Gasteiger partial charge is 0.243 e. The van der Waals surface area contributed by atoms with Crippen LogP contribution in [0.3, 0.4) is 0 Å². The Hall–Kier alpha value is -1.92. The lowest BCUT2D eigenvalue weighted by molar-refractivity contribution is -0.129. The number of para-hydroxylation sites is 1. The first kappa shape index (κ1) is 19.4. The van der Waals surface area contributed by atoms with Gasteiger partial charge >= 0.3 is 0 Å². The molecule has 1 aromatic rings. The molecule has 1 saturated heterocycles. The van der Waals surface area contributed by atoms with Gasteiger partial charge in [-0.1, -0.05) is 18.2 Å². The van der Waals surface area contributed by atoms with E-state index in [-0.39, 0.29) is 18.4 Å². The summed E-state index contributed by atoms with van der Waals surface area (Å²) in [6, 6.07) is 5.78. The third-order valence-corrected chi connectivity index (χ3v) is 5.11. The van der Waals surface area contributed by atoms with Crippen LogP contribution >= 0.6 is 0 Å². The van der Waals surface area contributed by atoms with Crippen LogP contribution in [0.15, 0.2) is 18.2 Å². The molecule has 1 fully saturated rings. The lowest BCUT2D eigenvalue weighted by atomic mass is 9.86. The third kappa shape index (κ3) is 3.85. The van der Waals surface area contributed by atoms with Crippen LogP contribution in [0.2, 0.25) is 0 Å². The quantitative estimate of drug-likeness (QED) is 0.878. The van der Waals surface area contributed by atoms with Gasteiger partial charge in [-0.15, -0.1) is 0 Å². The molecule has 1 atom stereocenters. The molecule has 0 bridgehead atoms. The number of nitrogens with one attached hydrogen (secondary N) is 2. The summed E-state index contributed by atoms with van der Waals surface area (Å²) in [6.07, 6.45) is 0.466. The maximum Gasteiger partial charge on any atom is 0.243 e. The fraction of sp³-hybridized carbons (Fsp3) is 0.579. The van der Waals surface area contributed by atoms with E-state index in [0.29, 0.717) is 6.42 Å². The lowest BCUT2D eigenvalue weighted by Gasteiger charge is -2.47. The molecule has 0 spiro atoms. The highest BCUT2D eigenvalue weighted by Crippen LogP contribution is 2.44. The SMILES string of the molecule is Cc1cccc(C)c1NC(=O)CNC(=O)C1CC(C)(C)N([O-])C1(C)C. The third-order valence-electron chi connectivity index (χ3n) is 5.11. The molecule has 2 N–H and O–H groups in total. The number of hydroxylamine groups is 2. The first-order valence-electron chi connectivity index (χ1n) is 8.58. The fourth-order valence-corrected chi connectivity index (χ4v) is 3.65. The van der Waals surface area contributed by atoms with Gasteiger partial charge in [-0.05, 0) is 59.1 Å². The van der Waals surface area contributed by atoms with Crippen molar-refractivity contribution in [3.05, 3.63) is 34.5 Å². The van der Waals surface area contributed by atoms with E-state index in [0.717, 1.165) is 21.9 Å². The minimum atomic E-state index is -0.795. The standard InChI is InChI=1S/C19H28N3O3/c1-12-8-7-9-13(2)16(12)21-15(23)11-20-17(24)14-10-18(3,4)22(25)19(14,5)6/h7-9,14H,10-11H2,1-6H3,(H,20,24)(H,21,23)/q-1. The van der Waals surface area contributed by atoms with Crippen molar-refractivity contribution in [1.29, 1.82) is 0 Å². The van der Waals surface area contributed by atoms with Crippen LogP contribution in [0, 0.1) is 25.0 Å². The summed E-state index contributed by atoms with van der Waals surface area (Å²) in [7, 11) is 0. The second kappa shape index (κ2) is 6.77. The minimum Gasteiger partial charge on any atom is -0.784 e. The second-order valence-corrected chi connectivity index (χ2v) is 8.05. The van der Waals surface area contributed by atoms with Crippen LogP contribution in [0.25, 0.3) is 0 Å². The molecule has 1 unspecified atom stereocenters. The topological polar surface area (TPSA) is 84.5 Å². The molecule has 2 rings (SSSR count). The number of rotatable bonds is 4. The highest BCUT2D eigenvalue weighted by molar-refractivity contribution is 5.96. The van der Waals surface area contributed by atoms with Gasteiger partial charge in [0.15, 0.2) is 0 Å².